The number of hydrazine groups is 1. The molecule has 0 bridgehead atoms. The zero-order valence-electron chi connectivity index (χ0n) is 14.5. The number of amides is 1. The summed E-state index contributed by atoms with van der Waals surface area (Å²) in [4.78, 5) is 24.3. The van der Waals surface area contributed by atoms with Crippen LogP contribution in [-0.2, 0) is 27.9 Å². The minimum atomic E-state index is -0.381. The number of carbonyl (C=O) groups is 2. The fourth-order valence-corrected chi connectivity index (χ4v) is 2.74. The number of halogens is 1. The summed E-state index contributed by atoms with van der Waals surface area (Å²) in [5, 5.41) is 6.24. The SMILES string of the molecule is CCCC(=O)OC1=C(C)CCN(NCc2c(C)nn(C)c2Cl)C1=O. The second-order valence-corrected chi connectivity index (χ2v) is 6.21. The molecule has 7 nitrogen and oxygen atoms in total. The van der Waals surface area contributed by atoms with Gasteiger partial charge in [-0.15, -0.1) is 0 Å². The van der Waals surface area contributed by atoms with E-state index in [0.29, 0.717) is 37.5 Å². The van der Waals surface area contributed by atoms with Crippen LogP contribution in [0.3, 0.4) is 0 Å². The lowest BCUT2D eigenvalue weighted by Crippen LogP contribution is -2.47. The van der Waals surface area contributed by atoms with Gasteiger partial charge in [0.2, 0.25) is 0 Å². The van der Waals surface area contributed by atoms with E-state index in [1.165, 1.54) is 5.01 Å². The van der Waals surface area contributed by atoms with Crippen molar-refractivity contribution in [1.82, 2.24) is 20.2 Å². The van der Waals surface area contributed by atoms with Gasteiger partial charge in [-0.25, -0.2) is 5.43 Å². The van der Waals surface area contributed by atoms with Crippen LogP contribution in [0.2, 0.25) is 5.15 Å². The van der Waals surface area contributed by atoms with Gasteiger partial charge in [-0.2, -0.15) is 5.10 Å². The zero-order chi connectivity index (χ0) is 17.9. The van der Waals surface area contributed by atoms with E-state index >= 15 is 0 Å². The average molecular weight is 355 g/mol. The topological polar surface area (TPSA) is 76.5 Å². The van der Waals surface area contributed by atoms with Crippen molar-refractivity contribution in [1.29, 1.82) is 0 Å². The number of hydrogen-bond donors (Lipinski definition) is 1. The minimum Gasteiger partial charge on any atom is -0.421 e. The number of nitrogens with one attached hydrogen (secondary N) is 1. The lowest BCUT2D eigenvalue weighted by molar-refractivity contribution is -0.147. The molecule has 2 rings (SSSR count). The van der Waals surface area contributed by atoms with E-state index in [2.05, 4.69) is 10.5 Å². The van der Waals surface area contributed by atoms with Gasteiger partial charge in [0.15, 0.2) is 5.76 Å². The largest absolute Gasteiger partial charge is 0.421 e. The summed E-state index contributed by atoms with van der Waals surface area (Å²) in [6.45, 7) is 6.45. The van der Waals surface area contributed by atoms with Gasteiger partial charge >= 0.3 is 11.9 Å². The Hall–Kier alpha value is -1.86. The first-order valence-electron chi connectivity index (χ1n) is 7.98. The number of hydrogen-bond acceptors (Lipinski definition) is 5. The molecule has 0 spiro atoms. The van der Waals surface area contributed by atoms with Crippen LogP contribution in [0, 0.1) is 6.92 Å². The molecule has 1 amide bonds. The molecule has 1 aliphatic rings. The summed E-state index contributed by atoms with van der Waals surface area (Å²) >= 11 is 6.20. The number of aryl methyl sites for hydroxylation is 2. The third-order valence-electron chi connectivity index (χ3n) is 3.92. The first-order valence-corrected chi connectivity index (χ1v) is 8.36. The maximum Gasteiger partial charge on any atom is 0.311 e. The molecule has 1 aliphatic heterocycles. The van der Waals surface area contributed by atoms with Crippen LogP contribution in [0.4, 0.5) is 0 Å². The predicted molar refractivity (Wildman–Crippen MR) is 89.8 cm³/mol. The molecule has 0 atom stereocenters. The summed E-state index contributed by atoms with van der Waals surface area (Å²) in [5.41, 5.74) is 5.49. The van der Waals surface area contributed by atoms with Gasteiger partial charge in [-0.1, -0.05) is 18.5 Å². The number of ether oxygens (including phenoxy) is 1. The van der Waals surface area contributed by atoms with E-state index in [4.69, 9.17) is 16.3 Å². The van der Waals surface area contributed by atoms with E-state index in [9.17, 15) is 9.59 Å². The van der Waals surface area contributed by atoms with E-state index in [1.54, 1.807) is 11.7 Å². The molecule has 0 saturated carbocycles. The Morgan fingerprint density at radius 1 is 1.42 bits per heavy atom. The van der Waals surface area contributed by atoms with E-state index < -0.39 is 0 Å². The highest BCUT2D eigenvalue weighted by Gasteiger charge is 2.28. The smallest absolute Gasteiger partial charge is 0.311 e. The predicted octanol–water partition coefficient (Wildman–Crippen LogP) is 2.24. The molecule has 132 valence electrons. The fraction of sp³-hybridized carbons (Fsp3) is 0.562. The quantitative estimate of drug-likeness (QED) is 0.793. The molecule has 0 radical (unpaired) electrons. The van der Waals surface area contributed by atoms with Crippen LogP contribution in [0.5, 0.6) is 0 Å². The summed E-state index contributed by atoms with van der Waals surface area (Å²) in [5.74, 6) is -0.588. The Morgan fingerprint density at radius 3 is 2.71 bits per heavy atom. The number of carbonyl (C=O) groups excluding carboxylic acids is 2. The molecule has 2 heterocycles. The van der Waals surface area contributed by atoms with Gasteiger partial charge in [0, 0.05) is 32.1 Å². The van der Waals surface area contributed by atoms with Crippen molar-refractivity contribution in [2.75, 3.05) is 6.54 Å². The fourth-order valence-electron chi connectivity index (χ4n) is 2.50. The van der Waals surface area contributed by atoms with Crippen molar-refractivity contribution >= 4 is 23.5 Å². The summed E-state index contributed by atoms with van der Waals surface area (Å²) in [6.07, 6.45) is 1.62. The third kappa shape index (κ3) is 3.96. The van der Waals surface area contributed by atoms with Crippen LogP contribution in [-0.4, -0.2) is 33.2 Å². The second kappa shape index (κ2) is 7.81. The van der Waals surface area contributed by atoms with Gasteiger partial charge < -0.3 is 4.74 Å². The van der Waals surface area contributed by atoms with Crippen LogP contribution in [0.1, 0.15) is 44.4 Å². The Kier molecular flexibility index (Phi) is 6.01. The number of aromatic nitrogens is 2. The van der Waals surface area contributed by atoms with Crippen LogP contribution in [0.15, 0.2) is 11.3 Å². The molecule has 0 saturated heterocycles. The van der Waals surface area contributed by atoms with E-state index in [1.807, 2.05) is 20.8 Å². The lowest BCUT2D eigenvalue weighted by Gasteiger charge is -2.29. The molecule has 1 aromatic heterocycles. The molecule has 1 aromatic rings. The molecule has 24 heavy (non-hydrogen) atoms. The summed E-state index contributed by atoms with van der Waals surface area (Å²) in [7, 11) is 1.77. The van der Waals surface area contributed by atoms with E-state index in [0.717, 1.165) is 16.8 Å². The monoisotopic (exact) mass is 354 g/mol. The first kappa shape index (κ1) is 18.5. The Morgan fingerprint density at radius 2 is 2.12 bits per heavy atom. The number of esters is 1. The van der Waals surface area contributed by atoms with Crippen LogP contribution < -0.4 is 5.43 Å². The van der Waals surface area contributed by atoms with Crippen molar-refractivity contribution < 1.29 is 14.3 Å². The van der Waals surface area contributed by atoms with Gasteiger partial charge in [0.25, 0.3) is 0 Å². The highest BCUT2D eigenvalue weighted by atomic mass is 35.5. The first-order chi connectivity index (χ1) is 11.3. The molecule has 0 fully saturated rings. The third-order valence-corrected chi connectivity index (χ3v) is 4.40. The van der Waals surface area contributed by atoms with Crippen LogP contribution in [0.25, 0.3) is 0 Å². The van der Waals surface area contributed by atoms with Crippen molar-refractivity contribution in [2.24, 2.45) is 7.05 Å². The average Bonchev–Trinajstić information content (AvgIpc) is 2.76. The van der Waals surface area contributed by atoms with Gasteiger partial charge in [-0.05, 0) is 32.3 Å². The molecule has 1 N–H and O–H groups in total. The Bertz CT molecular complexity index is 681. The highest BCUT2D eigenvalue weighted by molar-refractivity contribution is 6.30. The molecular formula is C16H23ClN4O3. The molecule has 0 aromatic carbocycles. The zero-order valence-corrected chi connectivity index (χ0v) is 15.2. The molecule has 0 unspecified atom stereocenters. The van der Waals surface area contributed by atoms with Crippen molar-refractivity contribution in [3.8, 4) is 0 Å². The minimum absolute atomic E-state index is 0.126. The highest BCUT2D eigenvalue weighted by Crippen LogP contribution is 2.21. The normalized spacial score (nSPS) is 15.2. The summed E-state index contributed by atoms with van der Waals surface area (Å²) < 4.78 is 6.85. The van der Waals surface area contributed by atoms with E-state index in [-0.39, 0.29) is 17.6 Å². The van der Waals surface area contributed by atoms with Crippen molar-refractivity contribution in [3.63, 3.8) is 0 Å². The van der Waals surface area contributed by atoms with Gasteiger partial charge in [0.1, 0.15) is 5.15 Å². The maximum absolute atomic E-state index is 12.5. The van der Waals surface area contributed by atoms with Gasteiger partial charge in [-0.3, -0.25) is 19.3 Å². The maximum atomic E-state index is 12.5. The molecule has 8 heteroatoms. The van der Waals surface area contributed by atoms with Gasteiger partial charge in [0.05, 0.1) is 5.69 Å². The Balaban J connectivity index is 2.05. The molecular weight excluding hydrogens is 332 g/mol. The lowest BCUT2D eigenvalue weighted by atomic mass is 10.1. The number of rotatable bonds is 6. The molecule has 0 aliphatic carbocycles. The second-order valence-electron chi connectivity index (χ2n) is 5.85. The van der Waals surface area contributed by atoms with Crippen molar-refractivity contribution in [3.05, 3.63) is 27.7 Å². The Labute approximate surface area is 146 Å². The van der Waals surface area contributed by atoms with Crippen LogP contribution >= 0.6 is 11.6 Å². The number of nitrogens with zero attached hydrogens (tertiary/aromatic N) is 3. The summed E-state index contributed by atoms with van der Waals surface area (Å²) in [6, 6.07) is 0. The standard InChI is InChI=1S/C16H23ClN4O3/c1-5-6-13(22)24-14-10(2)7-8-21(16(14)23)18-9-12-11(3)19-20(4)15(12)17/h18H,5-9H2,1-4H3. The van der Waals surface area contributed by atoms with Crippen molar-refractivity contribution in [2.45, 2.75) is 46.6 Å².